The number of carbonyl (C=O) groups is 1. The Kier molecular flexibility index (Phi) is 5.77. The van der Waals surface area contributed by atoms with Crippen molar-refractivity contribution in [3.05, 3.63) is 52.7 Å². The van der Waals surface area contributed by atoms with Gasteiger partial charge in [-0.3, -0.25) is 18.7 Å². The van der Waals surface area contributed by atoms with Crippen molar-refractivity contribution in [3.63, 3.8) is 0 Å². The number of fused-ring (bicyclic) bond motifs is 1. The minimum absolute atomic E-state index is 0.0330. The Morgan fingerprint density at radius 1 is 1.26 bits per heavy atom. The van der Waals surface area contributed by atoms with E-state index in [0.29, 0.717) is 5.02 Å². The third-order valence-corrected chi connectivity index (χ3v) is 10.8. The molecule has 4 rings (SSSR count). The monoisotopic (exact) mass is 516 g/mol. The molecule has 1 fully saturated rings. The second kappa shape index (κ2) is 7.99. The first-order valence-electron chi connectivity index (χ1n) is 10.4. The first kappa shape index (κ1) is 24.6. The molecule has 0 saturated carbocycles. The molecule has 1 amide bonds. The summed E-state index contributed by atoms with van der Waals surface area (Å²) in [4.78, 5) is 25.0. The average Bonchev–Trinajstić information content (AvgIpc) is 2.76. The Morgan fingerprint density at radius 3 is 2.62 bits per heavy atom. The topological polar surface area (TPSA) is 122 Å². The zero-order valence-electron chi connectivity index (χ0n) is 18.6. The Hall–Kier alpha value is -2.57. The van der Waals surface area contributed by atoms with E-state index in [1.54, 1.807) is 13.8 Å². The lowest BCUT2D eigenvalue weighted by molar-refractivity contribution is -0.0139. The largest absolute Gasteiger partial charge is 0.386 e. The Morgan fingerprint density at radius 2 is 1.97 bits per heavy atom. The number of thiol groups is 1. The summed E-state index contributed by atoms with van der Waals surface area (Å²) in [5, 5.41) is 1.54. The summed E-state index contributed by atoms with van der Waals surface area (Å²) in [6, 6.07) is 5.11. The highest BCUT2D eigenvalue weighted by molar-refractivity contribution is 8.04. The van der Waals surface area contributed by atoms with Crippen LogP contribution in [-0.2, 0) is 15.7 Å². The van der Waals surface area contributed by atoms with Crippen molar-refractivity contribution < 1.29 is 22.2 Å². The molecule has 0 unspecified atom stereocenters. The quantitative estimate of drug-likeness (QED) is 0.467. The fourth-order valence-electron chi connectivity index (χ4n) is 4.37. The molecule has 4 heterocycles. The summed E-state index contributed by atoms with van der Waals surface area (Å²) in [5.41, 5.74) is 4.05. The molecule has 2 aromatic rings. The van der Waals surface area contributed by atoms with E-state index in [1.807, 2.05) is 0 Å². The van der Waals surface area contributed by atoms with Crippen molar-refractivity contribution in [1.29, 1.82) is 0 Å². The van der Waals surface area contributed by atoms with Crippen molar-refractivity contribution in [3.8, 4) is 0 Å². The molecule has 34 heavy (non-hydrogen) atoms. The van der Waals surface area contributed by atoms with E-state index >= 15 is 4.39 Å². The van der Waals surface area contributed by atoms with Gasteiger partial charge in [0.1, 0.15) is 34.4 Å². The maximum Gasteiger partial charge on any atom is 0.275 e. The van der Waals surface area contributed by atoms with Crippen LogP contribution in [0, 0.1) is 5.82 Å². The van der Waals surface area contributed by atoms with Crippen molar-refractivity contribution in [1.82, 2.24) is 14.7 Å². The average molecular weight is 517 g/mol. The third kappa shape index (κ3) is 3.87. The van der Waals surface area contributed by atoms with E-state index in [0.717, 1.165) is 6.07 Å². The Bertz CT molecular complexity index is 1240. The lowest BCUT2D eigenvalue weighted by Crippen LogP contribution is -2.72. The van der Waals surface area contributed by atoms with Gasteiger partial charge in [-0.05, 0) is 55.2 Å². The molecule has 2 aromatic heterocycles. The van der Waals surface area contributed by atoms with Gasteiger partial charge in [-0.1, -0.05) is 11.6 Å². The third-order valence-electron chi connectivity index (χ3n) is 6.49. The fourth-order valence-corrected chi connectivity index (χ4v) is 8.14. The van der Waals surface area contributed by atoms with Crippen LogP contribution in [0.2, 0.25) is 5.02 Å². The minimum Gasteiger partial charge on any atom is -0.386 e. The number of nitrogens with two attached hydrogens (primary N) is 1. The van der Waals surface area contributed by atoms with Crippen LogP contribution in [0.25, 0.3) is 0 Å². The van der Waals surface area contributed by atoms with E-state index in [2.05, 4.69) is 25.0 Å². The second-order valence-electron chi connectivity index (χ2n) is 9.12. The molecule has 2 aliphatic rings. The van der Waals surface area contributed by atoms with E-state index < -0.39 is 56.3 Å². The summed E-state index contributed by atoms with van der Waals surface area (Å²) >= 11 is 5.78. The van der Waals surface area contributed by atoms with Gasteiger partial charge >= 0.3 is 0 Å². The number of halogens is 4. The van der Waals surface area contributed by atoms with Gasteiger partial charge in [0.2, 0.25) is 0 Å². The van der Waals surface area contributed by atoms with Crippen molar-refractivity contribution in [2.75, 3.05) is 11.9 Å². The number of aromatic nitrogens is 2. The summed E-state index contributed by atoms with van der Waals surface area (Å²) in [7, 11) is -3.66. The maximum absolute atomic E-state index is 15.1. The number of alkyl halides is 2. The van der Waals surface area contributed by atoms with Crippen LogP contribution in [-0.4, -0.2) is 48.4 Å². The molecule has 0 spiro atoms. The van der Waals surface area contributed by atoms with Crippen molar-refractivity contribution >= 4 is 39.3 Å². The van der Waals surface area contributed by atoms with E-state index in [9.17, 15) is 17.8 Å². The van der Waals surface area contributed by atoms with Crippen LogP contribution in [0.4, 0.5) is 19.0 Å². The summed E-state index contributed by atoms with van der Waals surface area (Å²) in [6.07, 6.45) is 0.497. The molecule has 0 aromatic carbocycles. The molecule has 2 atom stereocenters. The van der Waals surface area contributed by atoms with Gasteiger partial charge in [0.05, 0.1) is 21.6 Å². The van der Waals surface area contributed by atoms with Gasteiger partial charge in [-0.25, -0.2) is 23.1 Å². The number of rotatable bonds is 3. The number of aliphatic imine (C=N–C) groups is 1. The molecule has 0 radical (unpaired) electrons. The SMILES string of the molecule is CC1(C)C(N)=N[C@](C)(c2nc(NC(=O)c3ccc(Cl)cn3)ccc2F)[C@H]2CC(F)(F)CN[SH]21=O. The zero-order valence-corrected chi connectivity index (χ0v) is 20.2. The maximum atomic E-state index is 15.1. The molecule has 184 valence electrons. The van der Waals surface area contributed by atoms with Crippen LogP contribution < -0.4 is 15.8 Å². The highest BCUT2D eigenvalue weighted by Gasteiger charge is 2.62. The summed E-state index contributed by atoms with van der Waals surface area (Å²) in [5.74, 6) is -4.82. The number of hydrogen-bond donors (Lipinski definition) is 4. The predicted molar refractivity (Wildman–Crippen MR) is 125 cm³/mol. The van der Waals surface area contributed by atoms with E-state index in [1.165, 1.54) is 31.3 Å². The van der Waals surface area contributed by atoms with Crippen LogP contribution in [0.5, 0.6) is 0 Å². The highest BCUT2D eigenvalue weighted by atomic mass is 35.5. The predicted octanol–water partition coefficient (Wildman–Crippen LogP) is 2.81. The zero-order chi connectivity index (χ0) is 25.1. The van der Waals surface area contributed by atoms with Gasteiger partial charge in [0.25, 0.3) is 11.8 Å². The molecule has 1 saturated heterocycles. The number of anilines is 1. The lowest BCUT2D eigenvalue weighted by atomic mass is 9.88. The van der Waals surface area contributed by atoms with Crippen LogP contribution >= 0.6 is 11.6 Å². The first-order valence-corrected chi connectivity index (χ1v) is 12.5. The van der Waals surface area contributed by atoms with Crippen molar-refractivity contribution in [2.24, 2.45) is 10.7 Å². The fraction of sp³-hybridized carbons (Fsp3) is 0.429. The number of hydrogen-bond acceptors (Lipinski definition) is 6. The number of pyridine rings is 2. The number of amides is 1. The standard InChI is InChI=1S/C21H24ClF3N6O2S/c1-19(2)18(26)31-20(3,14-8-21(24,25)10-28-34(14,19)33)16-12(23)5-7-15(29-16)30-17(32)13-6-4-11(22)9-27-13/h4-7,9,14,34H,8,10H2,1-3H3,(H2,26,31)(H,28,33)(H,29,30,32)/t14-,20+/m1/s1. The van der Waals surface area contributed by atoms with E-state index in [-0.39, 0.29) is 23.0 Å². The minimum atomic E-state index is -3.66. The van der Waals surface area contributed by atoms with Gasteiger partial charge in [0, 0.05) is 12.6 Å². The molecule has 13 heteroatoms. The van der Waals surface area contributed by atoms with Crippen molar-refractivity contribution in [2.45, 2.75) is 48.7 Å². The van der Waals surface area contributed by atoms with Gasteiger partial charge in [-0.2, -0.15) is 0 Å². The molecule has 0 bridgehead atoms. The van der Waals surface area contributed by atoms with Crippen LogP contribution in [0.3, 0.4) is 0 Å². The normalized spacial score (nSPS) is 27.7. The van der Waals surface area contributed by atoms with E-state index in [4.69, 9.17) is 17.3 Å². The van der Waals surface area contributed by atoms with Crippen LogP contribution in [0.15, 0.2) is 35.5 Å². The summed E-state index contributed by atoms with van der Waals surface area (Å²) in [6.45, 7) is 3.73. The van der Waals surface area contributed by atoms with Gasteiger partial charge < -0.3 is 11.1 Å². The first-order chi connectivity index (χ1) is 15.7. The molecule has 4 N–H and O–H groups in total. The molecular weight excluding hydrogens is 493 g/mol. The molecule has 0 aliphatic carbocycles. The number of nitrogens with one attached hydrogen (secondary N) is 2. The lowest BCUT2D eigenvalue weighted by Gasteiger charge is -2.56. The molecule has 2 aliphatic heterocycles. The smallest absolute Gasteiger partial charge is 0.275 e. The van der Waals surface area contributed by atoms with Crippen LogP contribution in [0.1, 0.15) is 43.4 Å². The number of carbonyl (C=O) groups excluding carboxylic acids is 1. The summed E-state index contributed by atoms with van der Waals surface area (Å²) < 4.78 is 59.4. The Balaban J connectivity index is 1.79. The highest BCUT2D eigenvalue weighted by Crippen LogP contribution is 2.50. The van der Waals surface area contributed by atoms with Gasteiger partial charge in [-0.15, -0.1) is 0 Å². The molecular formula is C21H24ClF3N6O2S. The number of amidine groups is 1. The molecule has 8 nitrogen and oxygen atoms in total. The number of nitrogens with zero attached hydrogens (tertiary/aromatic N) is 3. The Labute approximate surface area is 200 Å². The van der Waals surface area contributed by atoms with Gasteiger partial charge in [0.15, 0.2) is 0 Å². The second-order valence-corrected chi connectivity index (χ2v) is 12.9.